The molecule has 0 aliphatic carbocycles. The number of nitrogens with zero attached hydrogens (tertiary/aromatic N) is 3. The third-order valence-corrected chi connectivity index (χ3v) is 2.89. The molecule has 2 aromatic rings. The minimum absolute atomic E-state index is 0.125. The lowest BCUT2D eigenvalue weighted by Gasteiger charge is -2.18. The van der Waals surface area contributed by atoms with Crippen molar-refractivity contribution in [1.82, 2.24) is 15.0 Å². The zero-order valence-corrected chi connectivity index (χ0v) is 13.1. The van der Waals surface area contributed by atoms with Gasteiger partial charge in [-0.15, -0.1) is 0 Å². The fourth-order valence-corrected chi connectivity index (χ4v) is 1.77. The molecule has 0 amide bonds. The molecule has 0 spiro atoms. The molecule has 112 valence electrons. The number of rotatable bonds is 5. The average Bonchev–Trinajstić information content (AvgIpc) is 2.45. The van der Waals surface area contributed by atoms with Crippen molar-refractivity contribution < 1.29 is 4.74 Å². The van der Waals surface area contributed by atoms with Crippen molar-refractivity contribution in [3.8, 4) is 5.88 Å². The lowest BCUT2D eigenvalue weighted by Crippen LogP contribution is -2.18. The van der Waals surface area contributed by atoms with Crippen LogP contribution in [0.3, 0.4) is 0 Å². The van der Waals surface area contributed by atoms with Crippen molar-refractivity contribution in [3.05, 3.63) is 42.0 Å². The van der Waals surface area contributed by atoms with E-state index in [4.69, 9.17) is 4.74 Å². The summed E-state index contributed by atoms with van der Waals surface area (Å²) in [5, 5.41) is 3.31. The Labute approximate surface area is 125 Å². The molecule has 2 rings (SSSR count). The van der Waals surface area contributed by atoms with Gasteiger partial charge in [0, 0.05) is 30.4 Å². The molecule has 0 aliphatic rings. The Bertz CT molecular complexity index is 579. The number of hydrogen-bond acceptors (Lipinski definition) is 5. The molecule has 0 saturated carbocycles. The van der Waals surface area contributed by atoms with Crippen LogP contribution in [0.15, 0.2) is 30.6 Å². The number of aromatic nitrogens is 3. The molecule has 0 radical (unpaired) electrons. The van der Waals surface area contributed by atoms with E-state index in [0.29, 0.717) is 19.0 Å². The molecule has 1 N–H and O–H groups in total. The number of hydrogen-bond donors (Lipinski definition) is 1. The second kappa shape index (κ2) is 6.52. The van der Waals surface area contributed by atoms with Crippen LogP contribution in [0.5, 0.6) is 5.88 Å². The van der Waals surface area contributed by atoms with E-state index < -0.39 is 0 Å². The molecule has 0 saturated heterocycles. The highest BCUT2D eigenvalue weighted by Crippen LogP contribution is 2.23. The second-order valence-electron chi connectivity index (χ2n) is 5.81. The molecule has 0 unspecified atom stereocenters. The minimum atomic E-state index is -0.125. The molecule has 0 atom stereocenters. The molecule has 0 fully saturated rings. The highest BCUT2D eigenvalue weighted by atomic mass is 16.5. The van der Waals surface area contributed by atoms with Gasteiger partial charge >= 0.3 is 0 Å². The zero-order chi connectivity index (χ0) is 15.3. The molecule has 0 bridgehead atoms. The quantitative estimate of drug-likeness (QED) is 0.914. The number of anilines is 1. The van der Waals surface area contributed by atoms with Crippen LogP contribution in [0, 0.1) is 0 Å². The Hall–Kier alpha value is -2.17. The van der Waals surface area contributed by atoms with E-state index in [-0.39, 0.29) is 5.41 Å². The van der Waals surface area contributed by atoms with E-state index in [1.807, 2.05) is 25.1 Å². The summed E-state index contributed by atoms with van der Waals surface area (Å²) in [6, 6.07) is 5.78. The third-order valence-electron chi connectivity index (χ3n) is 2.89. The van der Waals surface area contributed by atoms with Crippen LogP contribution < -0.4 is 10.1 Å². The Balaban J connectivity index is 2.19. The molecule has 0 aliphatic heterocycles. The van der Waals surface area contributed by atoms with Gasteiger partial charge in [-0.1, -0.05) is 20.8 Å². The summed E-state index contributed by atoms with van der Waals surface area (Å²) in [4.78, 5) is 13.1. The van der Waals surface area contributed by atoms with Crippen LogP contribution in [0.1, 0.15) is 39.1 Å². The van der Waals surface area contributed by atoms with E-state index in [9.17, 15) is 0 Å². The van der Waals surface area contributed by atoms with Crippen LogP contribution >= 0.6 is 0 Å². The fourth-order valence-electron chi connectivity index (χ4n) is 1.77. The third kappa shape index (κ3) is 4.41. The van der Waals surface area contributed by atoms with Gasteiger partial charge in [0.25, 0.3) is 0 Å². The summed E-state index contributed by atoms with van der Waals surface area (Å²) in [5.74, 6) is 2.15. The summed E-state index contributed by atoms with van der Waals surface area (Å²) in [7, 11) is 0. The summed E-state index contributed by atoms with van der Waals surface area (Å²) in [6.45, 7) is 9.49. The van der Waals surface area contributed by atoms with Gasteiger partial charge in [-0.2, -0.15) is 4.98 Å². The summed E-state index contributed by atoms with van der Waals surface area (Å²) >= 11 is 0. The lowest BCUT2D eigenvalue weighted by molar-refractivity contribution is 0.322. The van der Waals surface area contributed by atoms with Gasteiger partial charge in [-0.3, -0.25) is 4.98 Å². The lowest BCUT2D eigenvalue weighted by atomic mass is 9.96. The summed E-state index contributed by atoms with van der Waals surface area (Å²) in [5.41, 5.74) is 1.03. The minimum Gasteiger partial charge on any atom is -0.478 e. The molecule has 5 nitrogen and oxygen atoms in total. The van der Waals surface area contributed by atoms with Crippen LogP contribution in [-0.4, -0.2) is 21.6 Å². The SMILES string of the molecule is CCOc1cc(NCc2ccncc2)nc(C(C)(C)C)n1. The predicted octanol–water partition coefficient (Wildman–Crippen LogP) is 3.18. The van der Waals surface area contributed by atoms with E-state index >= 15 is 0 Å². The van der Waals surface area contributed by atoms with Gasteiger partial charge in [-0.25, -0.2) is 4.98 Å². The van der Waals surface area contributed by atoms with Crippen molar-refractivity contribution in [2.75, 3.05) is 11.9 Å². The highest BCUT2D eigenvalue weighted by molar-refractivity contribution is 5.40. The van der Waals surface area contributed by atoms with Crippen molar-refractivity contribution in [3.63, 3.8) is 0 Å². The van der Waals surface area contributed by atoms with Crippen molar-refractivity contribution in [1.29, 1.82) is 0 Å². The van der Waals surface area contributed by atoms with Gasteiger partial charge in [0.15, 0.2) is 0 Å². The predicted molar refractivity (Wildman–Crippen MR) is 83.5 cm³/mol. The van der Waals surface area contributed by atoms with E-state index in [0.717, 1.165) is 17.2 Å². The highest BCUT2D eigenvalue weighted by Gasteiger charge is 2.19. The van der Waals surface area contributed by atoms with E-state index in [1.54, 1.807) is 12.4 Å². The van der Waals surface area contributed by atoms with Crippen molar-refractivity contribution >= 4 is 5.82 Å². The van der Waals surface area contributed by atoms with Gasteiger partial charge in [-0.05, 0) is 24.6 Å². The van der Waals surface area contributed by atoms with Gasteiger partial charge < -0.3 is 10.1 Å². The van der Waals surface area contributed by atoms with Crippen LogP contribution in [0.25, 0.3) is 0 Å². The smallest absolute Gasteiger partial charge is 0.218 e. The molecule has 21 heavy (non-hydrogen) atoms. The Morgan fingerprint density at radius 1 is 1.14 bits per heavy atom. The average molecular weight is 286 g/mol. The van der Waals surface area contributed by atoms with Crippen molar-refractivity contribution in [2.45, 2.75) is 39.7 Å². The monoisotopic (exact) mass is 286 g/mol. The summed E-state index contributed by atoms with van der Waals surface area (Å²) in [6.07, 6.45) is 3.56. The van der Waals surface area contributed by atoms with Crippen LogP contribution in [0.2, 0.25) is 0 Å². The Morgan fingerprint density at radius 3 is 2.48 bits per heavy atom. The Morgan fingerprint density at radius 2 is 1.86 bits per heavy atom. The first-order valence-electron chi connectivity index (χ1n) is 7.14. The van der Waals surface area contributed by atoms with E-state index in [1.165, 1.54) is 0 Å². The first-order valence-corrected chi connectivity index (χ1v) is 7.14. The maximum absolute atomic E-state index is 5.53. The molecular weight excluding hydrogens is 264 g/mol. The molecule has 2 heterocycles. The molecule has 2 aromatic heterocycles. The largest absolute Gasteiger partial charge is 0.478 e. The number of nitrogens with one attached hydrogen (secondary N) is 1. The van der Waals surface area contributed by atoms with Gasteiger partial charge in [0.05, 0.1) is 6.61 Å². The zero-order valence-electron chi connectivity index (χ0n) is 13.1. The maximum Gasteiger partial charge on any atom is 0.218 e. The second-order valence-corrected chi connectivity index (χ2v) is 5.81. The normalized spacial score (nSPS) is 11.2. The standard InChI is InChI=1S/C16H22N4O/c1-5-21-14-10-13(19-15(20-14)16(2,3)4)18-11-12-6-8-17-9-7-12/h6-10H,5,11H2,1-4H3,(H,18,19,20). The van der Waals surface area contributed by atoms with Crippen LogP contribution in [0.4, 0.5) is 5.82 Å². The first kappa shape index (κ1) is 15.2. The van der Waals surface area contributed by atoms with Gasteiger partial charge in [0.2, 0.25) is 5.88 Å². The molecular formula is C16H22N4O. The summed E-state index contributed by atoms with van der Waals surface area (Å²) < 4.78 is 5.53. The van der Waals surface area contributed by atoms with E-state index in [2.05, 4.69) is 41.0 Å². The number of pyridine rings is 1. The maximum atomic E-state index is 5.53. The first-order chi connectivity index (χ1) is 9.99. The number of ether oxygens (including phenoxy) is 1. The Kier molecular flexibility index (Phi) is 4.73. The topological polar surface area (TPSA) is 59.9 Å². The fraction of sp³-hybridized carbons (Fsp3) is 0.438. The van der Waals surface area contributed by atoms with Gasteiger partial charge in [0.1, 0.15) is 11.6 Å². The van der Waals surface area contributed by atoms with Crippen LogP contribution in [-0.2, 0) is 12.0 Å². The van der Waals surface area contributed by atoms with Crippen molar-refractivity contribution in [2.24, 2.45) is 0 Å². The molecule has 5 heteroatoms. The molecule has 0 aromatic carbocycles.